The fraction of sp³-hybridized carbons (Fsp3) is 0.824. The van der Waals surface area contributed by atoms with Gasteiger partial charge in [0.1, 0.15) is 0 Å². The van der Waals surface area contributed by atoms with Crippen LogP contribution in [0.1, 0.15) is 51.9 Å². The number of rotatable bonds is 5. The van der Waals surface area contributed by atoms with Gasteiger partial charge in [0, 0.05) is 38.3 Å². The van der Waals surface area contributed by atoms with Crippen LogP contribution in [0.25, 0.3) is 0 Å². The highest BCUT2D eigenvalue weighted by atomic mass is 15.3. The SMILES string of the molecule is CCC1(C)CNC(CC(C)C)CN1Cc1cc(C)nn1C. The van der Waals surface area contributed by atoms with Gasteiger partial charge in [-0.25, -0.2) is 0 Å². The first kappa shape index (κ1) is 16.5. The van der Waals surface area contributed by atoms with E-state index in [4.69, 9.17) is 0 Å². The first-order chi connectivity index (χ1) is 9.84. The zero-order valence-electron chi connectivity index (χ0n) is 14.6. The molecule has 1 saturated heterocycles. The van der Waals surface area contributed by atoms with Gasteiger partial charge in [0.2, 0.25) is 0 Å². The Morgan fingerprint density at radius 1 is 1.48 bits per heavy atom. The first-order valence-electron chi connectivity index (χ1n) is 8.32. The van der Waals surface area contributed by atoms with Gasteiger partial charge in [-0.2, -0.15) is 5.10 Å². The summed E-state index contributed by atoms with van der Waals surface area (Å²) >= 11 is 0. The molecule has 0 saturated carbocycles. The summed E-state index contributed by atoms with van der Waals surface area (Å²) in [5.74, 6) is 0.745. The van der Waals surface area contributed by atoms with Crippen molar-refractivity contribution in [1.29, 1.82) is 0 Å². The van der Waals surface area contributed by atoms with Gasteiger partial charge in [-0.1, -0.05) is 20.8 Å². The second kappa shape index (κ2) is 6.49. The van der Waals surface area contributed by atoms with Crippen molar-refractivity contribution in [3.63, 3.8) is 0 Å². The molecule has 4 nitrogen and oxygen atoms in total. The van der Waals surface area contributed by atoms with Gasteiger partial charge in [-0.05, 0) is 38.7 Å². The third-order valence-electron chi connectivity index (χ3n) is 4.95. The van der Waals surface area contributed by atoms with E-state index in [0.717, 1.165) is 31.2 Å². The van der Waals surface area contributed by atoms with Gasteiger partial charge in [0.05, 0.1) is 11.4 Å². The van der Waals surface area contributed by atoms with Crippen LogP contribution in [0.3, 0.4) is 0 Å². The zero-order valence-corrected chi connectivity index (χ0v) is 14.6. The molecule has 4 heteroatoms. The van der Waals surface area contributed by atoms with Crippen LogP contribution in [0, 0.1) is 12.8 Å². The van der Waals surface area contributed by atoms with Gasteiger partial charge in [0.15, 0.2) is 0 Å². The molecule has 1 fully saturated rings. The fourth-order valence-electron chi connectivity index (χ4n) is 3.37. The Morgan fingerprint density at radius 3 is 2.71 bits per heavy atom. The number of hydrogen-bond acceptors (Lipinski definition) is 3. The summed E-state index contributed by atoms with van der Waals surface area (Å²) in [5.41, 5.74) is 2.67. The van der Waals surface area contributed by atoms with E-state index in [1.54, 1.807) is 0 Å². The third-order valence-corrected chi connectivity index (χ3v) is 4.95. The van der Waals surface area contributed by atoms with Gasteiger partial charge >= 0.3 is 0 Å². The van der Waals surface area contributed by atoms with E-state index in [9.17, 15) is 0 Å². The highest BCUT2D eigenvalue weighted by Crippen LogP contribution is 2.26. The Balaban J connectivity index is 2.12. The monoisotopic (exact) mass is 292 g/mol. The summed E-state index contributed by atoms with van der Waals surface area (Å²) in [7, 11) is 2.05. The highest BCUT2D eigenvalue weighted by molar-refractivity contribution is 5.10. The Labute approximate surface area is 129 Å². The van der Waals surface area contributed by atoms with E-state index < -0.39 is 0 Å². The number of hydrogen-bond donors (Lipinski definition) is 1. The summed E-state index contributed by atoms with van der Waals surface area (Å²) < 4.78 is 2.03. The van der Waals surface area contributed by atoms with Crippen LogP contribution in [0.5, 0.6) is 0 Å². The zero-order chi connectivity index (χ0) is 15.6. The molecule has 1 N–H and O–H groups in total. The minimum atomic E-state index is 0.242. The average molecular weight is 292 g/mol. The van der Waals surface area contributed by atoms with E-state index in [1.807, 2.05) is 4.68 Å². The predicted molar refractivity (Wildman–Crippen MR) is 88.3 cm³/mol. The van der Waals surface area contributed by atoms with Gasteiger partial charge in [0.25, 0.3) is 0 Å². The molecule has 0 amide bonds. The normalized spacial score (nSPS) is 27.5. The number of aryl methyl sites for hydroxylation is 2. The van der Waals surface area contributed by atoms with Crippen LogP contribution in [0.15, 0.2) is 6.07 Å². The second-order valence-electron chi connectivity index (χ2n) is 7.34. The van der Waals surface area contributed by atoms with Crippen molar-refractivity contribution in [3.8, 4) is 0 Å². The average Bonchev–Trinajstić information content (AvgIpc) is 2.71. The van der Waals surface area contributed by atoms with Crippen molar-refractivity contribution >= 4 is 0 Å². The molecule has 2 unspecified atom stereocenters. The number of piperazine rings is 1. The maximum atomic E-state index is 4.49. The molecule has 0 aromatic carbocycles. The van der Waals surface area contributed by atoms with Gasteiger partial charge in [-0.15, -0.1) is 0 Å². The summed E-state index contributed by atoms with van der Waals surface area (Å²) in [6.45, 7) is 14.6. The molecule has 1 aliphatic rings. The molecule has 1 aromatic rings. The quantitative estimate of drug-likeness (QED) is 0.906. The van der Waals surface area contributed by atoms with Gasteiger partial charge < -0.3 is 5.32 Å². The van der Waals surface area contributed by atoms with Crippen molar-refractivity contribution in [3.05, 3.63) is 17.5 Å². The second-order valence-corrected chi connectivity index (χ2v) is 7.34. The summed E-state index contributed by atoms with van der Waals surface area (Å²) in [4.78, 5) is 2.66. The number of nitrogens with zero attached hydrogens (tertiary/aromatic N) is 3. The van der Waals surface area contributed by atoms with Crippen molar-refractivity contribution in [2.45, 2.75) is 65.6 Å². The fourth-order valence-corrected chi connectivity index (χ4v) is 3.37. The van der Waals surface area contributed by atoms with Crippen LogP contribution in [0.2, 0.25) is 0 Å². The number of nitrogens with one attached hydrogen (secondary N) is 1. The molecular formula is C17H32N4. The van der Waals surface area contributed by atoms with Crippen LogP contribution >= 0.6 is 0 Å². The third kappa shape index (κ3) is 3.86. The van der Waals surface area contributed by atoms with E-state index >= 15 is 0 Å². The molecule has 2 atom stereocenters. The maximum absolute atomic E-state index is 4.49. The van der Waals surface area contributed by atoms with Gasteiger partial charge in [-0.3, -0.25) is 9.58 Å². The lowest BCUT2D eigenvalue weighted by Gasteiger charge is -2.48. The minimum Gasteiger partial charge on any atom is -0.311 e. The van der Waals surface area contributed by atoms with E-state index in [1.165, 1.54) is 18.5 Å². The lowest BCUT2D eigenvalue weighted by molar-refractivity contribution is 0.0353. The molecule has 1 aromatic heterocycles. The van der Waals surface area contributed by atoms with Crippen molar-refractivity contribution in [2.75, 3.05) is 13.1 Å². The Hall–Kier alpha value is -0.870. The molecule has 2 heterocycles. The summed E-state index contributed by atoms with van der Waals surface area (Å²) in [5, 5.41) is 8.26. The van der Waals surface area contributed by atoms with Crippen molar-refractivity contribution < 1.29 is 0 Å². The molecule has 0 spiro atoms. The smallest absolute Gasteiger partial charge is 0.0597 e. The lowest BCUT2D eigenvalue weighted by atomic mass is 9.89. The van der Waals surface area contributed by atoms with Crippen LogP contribution < -0.4 is 5.32 Å². The molecule has 120 valence electrons. The highest BCUT2D eigenvalue weighted by Gasteiger charge is 2.36. The van der Waals surface area contributed by atoms with E-state index in [2.05, 4.69) is 63.0 Å². The van der Waals surface area contributed by atoms with E-state index in [0.29, 0.717) is 6.04 Å². The first-order valence-corrected chi connectivity index (χ1v) is 8.32. The maximum Gasteiger partial charge on any atom is 0.0597 e. The lowest BCUT2D eigenvalue weighted by Crippen LogP contribution is -2.62. The topological polar surface area (TPSA) is 33.1 Å². The standard InChI is InChI=1S/C17H32N4/c1-7-17(5)12-18-15(8-13(2)3)10-21(17)11-16-9-14(4)19-20(16)6/h9,13,15,18H,7-8,10-12H2,1-6H3. The van der Waals surface area contributed by atoms with Crippen LogP contribution in [-0.2, 0) is 13.6 Å². The largest absolute Gasteiger partial charge is 0.311 e. The summed E-state index contributed by atoms with van der Waals surface area (Å²) in [6, 6.07) is 2.83. The molecular weight excluding hydrogens is 260 g/mol. The van der Waals surface area contributed by atoms with Crippen molar-refractivity contribution in [1.82, 2.24) is 20.0 Å². The predicted octanol–water partition coefficient (Wildman–Crippen LogP) is 2.72. The summed E-state index contributed by atoms with van der Waals surface area (Å²) in [6.07, 6.45) is 2.42. The van der Waals surface area contributed by atoms with E-state index in [-0.39, 0.29) is 5.54 Å². The number of aromatic nitrogens is 2. The molecule has 21 heavy (non-hydrogen) atoms. The molecule has 1 aliphatic heterocycles. The molecule has 0 aliphatic carbocycles. The molecule has 0 bridgehead atoms. The Kier molecular flexibility index (Phi) is 5.10. The minimum absolute atomic E-state index is 0.242. The molecule has 2 rings (SSSR count). The molecule has 0 radical (unpaired) electrons. The van der Waals surface area contributed by atoms with Crippen LogP contribution in [-0.4, -0.2) is 39.4 Å². The Morgan fingerprint density at radius 2 is 2.19 bits per heavy atom. The Bertz CT molecular complexity index is 465. The van der Waals surface area contributed by atoms with Crippen molar-refractivity contribution in [2.24, 2.45) is 13.0 Å². The van der Waals surface area contributed by atoms with Crippen LogP contribution in [0.4, 0.5) is 0 Å².